The van der Waals surface area contributed by atoms with Crippen LogP contribution in [0, 0.1) is 0 Å². The molecule has 3 aromatic heterocycles. The van der Waals surface area contributed by atoms with Gasteiger partial charge in [-0.25, -0.2) is 19.4 Å². The maximum Gasteiger partial charge on any atom is 0.342 e. The Morgan fingerprint density at radius 1 is 0.640 bits per heavy atom. The maximum atomic E-state index is 15.2. The molecule has 40 nitrogen and oxygen atoms in total. The van der Waals surface area contributed by atoms with Gasteiger partial charge in [0.1, 0.15) is 65.9 Å². The molecule has 1 unspecified atom stereocenters. The molecule has 0 aliphatic carbocycles. The van der Waals surface area contributed by atoms with Gasteiger partial charge in [0, 0.05) is 105 Å². The zero-order valence-electron chi connectivity index (χ0n) is 68.9. The van der Waals surface area contributed by atoms with Crippen molar-refractivity contribution in [2.24, 2.45) is 29.8 Å². The lowest BCUT2D eigenvalue weighted by Crippen LogP contribution is -2.60. The average molecular weight is 1750 g/mol. The Hall–Kier alpha value is -12.3. The van der Waals surface area contributed by atoms with E-state index in [4.69, 9.17) is 81.5 Å². The minimum atomic E-state index is -5.16. The molecule has 0 spiro atoms. The average Bonchev–Trinajstić information content (AvgIpc) is 1.71. The van der Waals surface area contributed by atoms with Crippen molar-refractivity contribution < 1.29 is 128 Å². The van der Waals surface area contributed by atoms with Crippen LogP contribution in [-0.2, 0) is 119 Å². The van der Waals surface area contributed by atoms with E-state index in [1.54, 1.807) is 76.1 Å². The molecule has 13 rings (SSSR count). The molecule has 0 bridgehead atoms. The zero-order valence-corrected chi connectivity index (χ0v) is 69.8. The number of aliphatic hydroxyl groups is 4. The first-order chi connectivity index (χ1) is 60.4. The second kappa shape index (κ2) is 41.9. The number of nitrogens with one attached hydrogen (secondary N) is 1. The monoisotopic (exact) mass is 1750 g/mol. The Bertz CT molecular complexity index is 5310. The highest BCUT2D eigenvalue weighted by Crippen LogP contribution is 2.41. The Morgan fingerprint density at radius 3 is 1.94 bits per heavy atom. The van der Waals surface area contributed by atoms with Crippen molar-refractivity contribution in [1.29, 1.82) is 0 Å². The summed E-state index contributed by atoms with van der Waals surface area (Å²) >= 11 is 0. The molecule has 125 heavy (non-hydrogen) atoms. The number of esters is 1. The number of hydrogen-bond donors (Lipinski definition) is 6. The number of amides is 4. The van der Waals surface area contributed by atoms with Crippen LogP contribution in [0.1, 0.15) is 120 Å². The van der Waals surface area contributed by atoms with E-state index in [1.807, 2.05) is 23.2 Å². The number of hydrogen-bond acceptors (Lipinski definition) is 33. The van der Waals surface area contributed by atoms with Crippen LogP contribution in [0.25, 0.3) is 0 Å². The van der Waals surface area contributed by atoms with Crippen molar-refractivity contribution in [3.05, 3.63) is 188 Å². The number of nitrogens with zero attached hydrogens (tertiary/aromatic N) is 11. The van der Waals surface area contributed by atoms with Gasteiger partial charge in [-0.05, 0) is 96.4 Å². The Kier molecular flexibility index (Phi) is 30.4. The molecular weight excluding hydrogens is 1660 g/mol. The molecule has 41 heteroatoms. The maximum absolute atomic E-state index is 15.2. The number of methoxy groups -OCH3 is 3. The summed E-state index contributed by atoms with van der Waals surface area (Å²) in [4.78, 5) is 113. The second-order valence-electron chi connectivity index (χ2n) is 29.3. The fraction of sp³-hybridized carbons (Fsp3) is 0.417. The summed E-state index contributed by atoms with van der Waals surface area (Å²) in [6.45, 7) is 2.27. The molecule has 0 radical (unpaired) electrons. The lowest BCUT2D eigenvalue weighted by atomic mass is 9.99. The van der Waals surface area contributed by atoms with Gasteiger partial charge in [0.15, 0.2) is 34.6 Å². The van der Waals surface area contributed by atoms with Gasteiger partial charge in [0.05, 0.1) is 179 Å². The highest BCUT2D eigenvalue weighted by molar-refractivity contribution is 7.87. The first-order valence-electron chi connectivity index (χ1n) is 39.9. The summed E-state index contributed by atoms with van der Waals surface area (Å²) in [5.41, 5.74) is 10.9. The topological polar surface area (TPSA) is 499 Å². The van der Waals surface area contributed by atoms with E-state index >= 15 is 8.42 Å². The van der Waals surface area contributed by atoms with Gasteiger partial charge in [0.25, 0.3) is 17.7 Å². The smallest absolute Gasteiger partial charge is 0.342 e. The van der Waals surface area contributed by atoms with Gasteiger partial charge in [-0.2, -0.15) is 8.42 Å². The summed E-state index contributed by atoms with van der Waals surface area (Å²) in [6, 6.07) is 17.6. The van der Waals surface area contributed by atoms with Crippen molar-refractivity contribution in [3.8, 4) is 34.5 Å². The number of Topliss-reactive ketones (excluding diaryl/α,β-unsaturated/α-hetero) is 1. The lowest BCUT2D eigenvalue weighted by Gasteiger charge is -2.39. The van der Waals surface area contributed by atoms with Crippen molar-refractivity contribution in [2.75, 3.05) is 107 Å². The molecule has 8 aromatic rings. The predicted octanol–water partition coefficient (Wildman–Crippen LogP) is 2.81. The third-order valence-corrected chi connectivity index (χ3v) is 22.1. The van der Waals surface area contributed by atoms with Gasteiger partial charge in [-0.15, -0.1) is 5.10 Å². The number of primary amides is 1. The number of fused-ring (bicyclic) bond motifs is 6. The van der Waals surface area contributed by atoms with Crippen molar-refractivity contribution in [3.63, 3.8) is 0 Å². The van der Waals surface area contributed by atoms with Crippen molar-refractivity contribution >= 4 is 69.4 Å². The molecule has 7 N–H and O–H groups in total. The van der Waals surface area contributed by atoms with Gasteiger partial charge < -0.3 is 116 Å². The highest BCUT2D eigenvalue weighted by Gasteiger charge is 2.46. The van der Waals surface area contributed by atoms with Crippen LogP contribution in [0.3, 0.4) is 0 Å². The van der Waals surface area contributed by atoms with E-state index in [0.29, 0.717) is 59.6 Å². The number of aliphatic hydroxyl groups excluding tert-OH is 4. The number of benzene rings is 5. The minimum Gasteiger partial charge on any atom is -0.493 e. The number of ether oxygens (including phenoxy) is 13. The van der Waals surface area contributed by atoms with E-state index in [2.05, 4.69) is 25.6 Å². The zero-order chi connectivity index (χ0) is 88.4. The highest BCUT2D eigenvalue weighted by atomic mass is 32.2. The number of imidazole rings is 2. The van der Waals surface area contributed by atoms with Crippen molar-refractivity contribution in [2.45, 2.75) is 113 Å². The molecule has 664 valence electrons. The number of aliphatic imine (C=N–C) groups is 2. The van der Waals surface area contributed by atoms with Gasteiger partial charge in [-0.3, -0.25) is 38.8 Å². The third-order valence-electron chi connectivity index (χ3n) is 20.8. The second-order valence-corrected chi connectivity index (χ2v) is 30.8. The molecule has 1 saturated heterocycles. The summed E-state index contributed by atoms with van der Waals surface area (Å²) in [6.07, 6.45) is 1.70. The summed E-state index contributed by atoms with van der Waals surface area (Å²) in [5, 5.41) is 53.5. The molecule has 8 heterocycles. The van der Waals surface area contributed by atoms with Crippen LogP contribution < -0.4 is 38.9 Å². The number of nitrogens with two attached hydrogens (primary N) is 1. The standard InChI is InChI=1S/C84H95N13O27S/c1-93-47-89-62-41-96-57(33-64(62)93)39-87-61-36-72(70(112-4)35-60(61)82(96)107)121-45-50-25-49(44-120-71-31-55-38-88-76-37-65-63(90-48-94(65)2)42-97(76)81(106)59(55)34-69(71)111-3)26-58(27-50)124-125(109,110)74-32-51(8-10-68(74)122-84-79(104)78(103)77(102)73(43-98)123-84)66(99)7-6-14-114-17-19-116-16-13-95-40-56(91-92-95)46-119-24-23-118-22-21-117-20-18-115-15-12-86-80(105)53-28-52(67(100)9-11-75(85)101)29-54(30-53)83(108)113-5/h8-11,25-32,34-36,38-40,47-48,57,73,76-79,84,98,102-104H,6-7,12-24,33,37,41-46H2,1-5H3,(H2,85,101)(H,86,105)/b11-9+/t57-,73+,76+,77-,78-,79-,84?/m0/s1. The lowest BCUT2D eigenvalue weighted by molar-refractivity contribution is -0.277. The van der Waals surface area contributed by atoms with Crippen LogP contribution in [-0.4, -0.2) is 276 Å². The largest absolute Gasteiger partial charge is 0.493 e. The molecule has 7 atom stereocenters. The third kappa shape index (κ3) is 22.5. The first kappa shape index (κ1) is 90.5. The predicted molar refractivity (Wildman–Crippen MR) is 437 cm³/mol. The number of aromatic nitrogens is 7. The molecular formula is C84H95N13O27S. The Labute approximate surface area is 716 Å². The number of allylic oxidation sites excluding steroid dienone is 1. The van der Waals surface area contributed by atoms with E-state index in [-0.39, 0.29) is 193 Å². The number of rotatable bonds is 44. The Balaban J connectivity index is 0.596. The number of carbonyl (C=O) groups excluding carboxylic acids is 7. The first-order valence-corrected chi connectivity index (χ1v) is 41.3. The summed E-state index contributed by atoms with van der Waals surface area (Å²) in [7, 11) is 2.61. The molecule has 5 aliphatic heterocycles. The quantitative estimate of drug-likeness (QED) is 0.0105. The van der Waals surface area contributed by atoms with Crippen LogP contribution >= 0.6 is 0 Å². The summed E-state index contributed by atoms with van der Waals surface area (Å²) in [5.74, 6) is -4.05. The van der Waals surface area contributed by atoms with Gasteiger partial charge in [-0.1, -0.05) is 5.21 Å². The number of carbonyl (C=O) groups is 7. The van der Waals surface area contributed by atoms with Crippen molar-refractivity contribution in [1.82, 2.24) is 49.2 Å². The molecule has 1 fully saturated rings. The van der Waals surface area contributed by atoms with Gasteiger partial charge in [0.2, 0.25) is 12.2 Å². The minimum absolute atomic E-state index is 0.0167. The molecule has 5 aliphatic rings. The summed E-state index contributed by atoms with van der Waals surface area (Å²) < 4.78 is 117. The molecule has 0 saturated carbocycles. The fourth-order valence-corrected chi connectivity index (χ4v) is 15.3. The molecule has 4 amide bonds. The number of aryl methyl sites for hydroxylation is 2. The SMILES string of the molecule is COC(=O)c1cc(C(=O)/C=C/C(N)=O)cc(C(=O)NCCOCCOCCOCCOCc2cn(CCOCCOCCCC(=O)c3ccc(OC4O[C@H](CO)[C@H](O)[C@H](O)[C@@H]4O)c(S(=O)(=O)Oc4cc(COc5cc6c(cc5OC)C(=O)N5Cc7ncn(C)c7C[C@@H]5N=C6)cc(COc5cc6c(cc5OC)C(=O)N5Cc7ncn(C)c7C[C@H]5C=N6)c4)c3)nn2)c1. The van der Waals surface area contributed by atoms with E-state index < -0.39 is 93.6 Å². The van der Waals surface area contributed by atoms with Crippen LogP contribution in [0.4, 0.5) is 5.69 Å². The van der Waals surface area contributed by atoms with E-state index in [9.17, 15) is 54.0 Å². The van der Waals surface area contributed by atoms with Crippen LogP contribution in [0.15, 0.2) is 125 Å². The van der Waals surface area contributed by atoms with Crippen LogP contribution in [0.5, 0.6) is 34.5 Å². The normalized spacial score (nSPS) is 18.2. The fourth-order valence-electron chi connectivity index (χ4n) is 14.3. The van der Waals surface area contributed by atoms with Gasteiger partial charge >= 0.3 is 16.1 Å². The van der Waals surface area contributed by atoms with E-state index in [0.717, 1.165) is 54.2 Å². The Morgan fingerprint density at radius 2 is 1.26 bits per heavy atom. The van der Waals surface area contributed by atoms with E-state index in [1.165, 1.54) is 50.6 Å². The van der Waals surface area contributed by atoms with Crippen LogP contribution in [0.2, 0.25) is 0 Å². The number of ketones is 2. The molecule has 5 aromatic carbocycles.